The number of hydrogen-bond acceptors (Lipinski definition) is 3. The Morgan fingerprint density at radius 1 is 0.897 bits per heavy atom. The van der Waals surface area contributed by atoms with E-state index in [4.69, 9.17) is 0 Å². The van der Waals surface area contributed by atoms with E-state index in [9.17, 15) is 9.59 Å². The average Bonchev–Trinajstić information content (AvgIpc) is 2.74. The van der Waals surface area contributed by atoms with Gasteiger partial charge >= 0.3 is 5.69 Å². The minimum Gasteiger partial charge on any atom is -0.297 e. The Labute approximate surface area is 178 Å². The molecule has 1 aliphatic rings. The number of halogens is 1. The van der Waals surface area contributed by atoms with Crippen LogP contribution in [0.25, 0.3) is 0 Å². The maximum absolute atomic E-state index is 13.3. The third-order valence-electron chi connectivity index (χ3n) is 5.51. The van der Waals surface area contributed by atoms with E-state index in [0.717, 1.165) is 40.8 Å². The average molecular weight is 454 g/mol. The van der Waals surface area contributed by atoms with E-state index in [1.54, 1.807) is 4.57 Å². The van der Waals surface area contributed by atoms with Crippen LogP contribution in [0.1, 0.15) is 29.3 Å². The van der Waals surface area contributed by atoms with Gasteiger partial charge in [-0.1, -0.05) is 58.4 Å². The van der Waals surface area contributed by atoms with E-state index in [1.165, 1.54) is 10.1 Å². The van der Waals surface area contributed by atoms with Crippen molar-refractivity contribution in [1.29, 1.82) is 0 Å². The molecule has 150 valence electrons. The first kappa shape index (κ1) is 19.9. The van der Waals surface area contributed by atoms with Crippen molar-refractivity contribution in [3.63, 3.8) is 0 Å². The predicted molar refractivity (Wildman–Crippen MR) is 118 cm³/mol. The summed E-state index contributed by atoms with van der Waals surface area (Å²) in [5, 5.41) is 0. The molecule has 0 N–H and O–H groups in total. The largest absolute Gasteiger partial charge is 0.331 e. The van der Waals surface area contributed by atoms with Crippen LogP contribution in [0.3, 0.4) is 0 Å². The molecule has 1 aromatic heterocycles. The number of rotatable bonds is 5. The zero-order valence-corrected chi connectivity index (χ0v) is 18.1. The lowest BCUT2D eigenvalue weighted by Gasteiger charge is -2.30. The lowest BCUT2D eigenvalue weighted by molar-refractivity contribution is 0.236. The van der Waals surface area contributed by atoms with Crippen LogP contribution < -0.4 is 11.2 Å². The Morgan fingerprint density at radius 3 is 2.28 bits per heavy atom. The van der Waals surface area contributed by atoms with Gasteiger partial charge in [0.15, 0.2) is 0 Å². The van der Waals surface area contributed by atoms with Gasteiger partial charge in [0.05, 0.1) is 12.1 Å². The van der Waals surface area contributed by atoms with Gasteiger partial charge in [-0.3, -0.25) is 18.8 Å². The van der Waals surface area contributed by atoms with Gasteiger partial charge in [0, 0.05) is 42.8 Å². The second-order valence-corrected chi connectivity index (χ2v) is 8.33. The van der Waals surface area contributed by atoms with Crippen LogP contribution in [-0.4, -0.2) is 20.6 Å². The summed E-state index contributed by atoms with van der Waals surface area (Å²) < 4.78 is 4.13. The first-order valence-electron chi connectivity index (χ1n) is 9.93. The summed E-state index contributed by atoms with van der Waals surface area (Å²) in [4.78, 5) is 28.6. The molecule has 2 heterocycles. The monoisotopic (exact) mass is 453 g/mol. The van der Waals surface area contributed by atoms with Crippen LogP contribution >= 0.6 is 15.9 Å². The van der Waals surface area contributed by atoms with Crippen molar-refractivity contribution in [2.75, 3.05) is 6.54 Å². The molecule has 0 fully saturated rings. The van der Waals surface area contributed by atoms with Crippen LogP contribution in [0.15, 0.2) is 68.7 Å². The highest BCUT2D eigenvalue weighted by molar-refractivity contribution is 9.10. The molecular weight excluding hydrogens is 430 g/mol. The molecule has 0 aliphatic carbocycles. The molecule has 29 heavy (non-hydrogen) atoms. The van der Waals surface area contributed by atoms with E-state index in [1.807, 2.05) is 49.4 Å². The number of fused-ring (bicyclic) bond motifs is 1. The van der Waals surface area contributed by atoms with E-state index in [0.29, 0.717) is 13.1 Å². The molecule has 0 bridgehead atoms. The molecule has 6 heteroatoms. The summed E-state index contributed by atoms with van der Waals surface area (Å²) in [6.45, 7) is 5.04. The summed E-state index contributed by atoms with van der Waals surface area (Å²) in [6.07, 6.45) is 0.722. The highest BCUT2D eigenvalue weighted by Gasteiger charge is 2.25. The van der Waals surface area contributed by atoms with Crippen LogP contribution in [0, 0.1) is 0 Å². The molecule has 1 aliphatic heterocycles. The highest BCUT2D eigenvalue weighted by atomic mass is 79.9. The number of aromatic nitrogens is 2. The number of benzene rings is 2. The second kappa shape index (κ2) is 8.51. The zero-order chi connectivity index (χ0) is 20.4. The van der Waals surface area contributed by atoms with Crippen molar-refractivity contribution in [2.45, 2.75) is 39.5 Å². The highest BCUT2D eigenvalue weighted by Crippen LogP contribution is 2.18. The molecule has 2 aromatic carbocycles. The van der Waals surface area contributed by atoms with Crippen molar-refractivity contribution in [1.82, 2.24) is 14.0 Å². The molecule has 0 spiro atoms. The first-order chi connectivity index (χ1) is 14.1. The molecule has 0 unspecified atom stereocenters. The van der Waals surface area contributed by atoms with Crippen molar-refractivity contribution >= 4 is 15.9 Å². The molecule has 0 atom stereocenters. The van der Waals surface area contributed by atoms with E-state index < -0.39 is 0 Å². The summed E-state index contributed by atoms with van der Waals surface area (Å²) in [7, 11) is 0. The third-order valence-corrected chi connectivity index (χ3v) is 6.03. The van der Waals surface area contributed by atoms with Crippen LogP contribution in [0.4, 0.5) is 0 Å². The third kappa shape index (κ3) is 4.14. The SMILES string of the molecule is CCn1c2c(c(=O)n(Cc3ccc(Br)cc3)c1=O)CN(Cc1ccccc1)CC2. The van der Waals surface area contributed by atoms with Crippen LogP contribution in [-0.2, 0) is 32.6 Å². The molecule has 0 saturated carbocycles. The summed E-state index contributed by atoms with van der Waals surface area (Å²) in [5.74, 6) is 0. The van der Waals surface area contributed by atoms with Crippen molar-refractivity contribution in [3.05, 3.63) is 102 Å². The normalized spacial score (nSPS) is 14.0. The fourth-order valence-electron chi connectivity index (χ4n) is 4.02. The van der Waals surface area contributed by atoms with Gasteiger partial charge in [0.25, 0.3) is 5.56 Å². The Morgan fingerprint density at radius 2 is 1.59 bits per heavy atom. The van der Waals surface area contributed by atoms with E-state index >= 15 is 0 Å². The molecule has 4 rings (SSSR count). The lowest BCUT2D eigenvalue weighted by atomic mass is 10.0. The van der Waals surface area contributed by atoms with Crippen molar-refractivity contribution in [2.24, 2.45) is 0 Å². The van der Waals surface area contributed by atoms with Gasteiger partial charge in [-0.15, -0.1) is 0 Å². The van der Waals surface area contributed by atoms with Crippen LogP contribution in [0.5, 0.6) is 0 Å². The van der Waals surface area contributed by atoms with Crippen molar-refractivity contribution < 1.29 is 0 Å². The topological polar surface area (TPSA) is 47.2 Å². The lowest BCUT2D eigenvalue weighted by Crippen LogP contribution is -2.47. The Kier molecular flexibility index (Phi) is 5.83. The smallest absolute Gasteiger partial charge is 0.297 e. The minimum atomic E-state index is -0.212. The molecule has 0 radical (unpaired) electrons. The molecule has 0 amide bonds. The van der Waals surface area contributed by atoms with Crippen LogP contribution in [0.2, 0.25) is 0 Å². The van der Waals surface area contributed by atoms with Crippen molar-refractivity contribution in [3.8, 4) is 0 Å². The second-order valence-electron chi connectivity index (χ2n) is 7.42. The maximum Gasteiger partial charge on any atom is 0.331 e. The number of hydrogen-bond donors (Lipinski definition) is 0. The Hall–Kier alpha value is -2.44. The quantitative estimate of drug-likeness (QED) is 0.594. The summed E-state index contributed by atoms with van der Waals surface area (Å²) >= 11 is 3.43. The molecule has 3 aromatic rings. The molecular formula is C23H24BrN3O2. The summed E-state index contributed by atoms with van der Waals surface area (Å²) in [6, 6.07) is 18.0. The molecule has 0 saturated heterocycles. The van der Waals surface area contributed by atoms with Gasteiger partial charge in [-0.25, -0.2) is 4.79 Å². The van der Waals surface area contributed by atoms with Gasteiger partial charge < -0.3 is 0 Å². The standard InChI is InChI=1S/C23H24BrN3O2/c1-2-26-21-12-13-25(14-17-6-4-3-5-7-17)16-20(21)22(28)27(23(26)29)15-18-8-10-19(24)11-9-18/h3-11H,2,12-16H2,1H3. The fourth-order valence-corrected chi connectivity index (χ4v) is 4.29. The van der Waals surface area contributed by atoms with E-state index in [2.05, 4.69) is 33.0 Å². The summed E-state index contributed by atoms with van der Waals surface area (Å²) in [5.41, 5.74) is 3.46. The predicted octanol–water partition coefficient (Wildman–Crippen LogP) is 3.40. The van der Waals surface area contributed by atoms with Gasteiger partial charge in [0.2, 0.25) is 0 Å². The minimum absolute atomic E-state index is 0.157. The molecule has 5 nitrogen and oxygen atoms in total. The fraction of sp³-hybridized carbons (Fsp3) is 0.304. The van der Waals surface area contributed by atoms with E-state index in [-0.39, 0.29) is 17.8 Å². The Bertz CT molecular complexity index is 1120. The number of nitrogens with zero attached hydrogens (tertiary/aromatic N) is 3. The Balaban J connectivity index is 1.70. The first-order valence-corrected chi connectivity index (χ1v) is 10.7. The maximum atomic E-state index is 13.3. The van der Waals surface area contributed by atoms with Gasteiger partial charge in [-0.2, -0.15) is 0 Å². The zero-order valence-electron chi connectivity index (χ0n) is 16.5. The van der Waals surface area contributed by atoms with Gasteiger partial charge in [0.1, 0.15) is 0 Å². The van der Waals surface area contributed by atoms with Gasteiger partial charge in [-0.05, 0) is 30.2 Å².